The van der Waals surface area contributed by atoms with Crippen molar-refractivity contribution in [3.05, 3.63) is 35.6 Å². The minimum Gasteiger partial charge on any atom is -0.469 e. The van der Waals surface area contributed by atoms with E-state index in [0.717, 1.165) is 5.56 Å². The van der Waals surface area contributed by atoms with E-state index in [4.69, 9.17) is 0 Å². The van der Waals surface area contributed by atoms with Gasteiger partial charge in [0.1, 0.15) is 5.82 Å². The molecule has 0 saturated carbocycles. The van der Waals surface area contributed by atoms with E-state index in [0.29, 0.717) is 19.5 Å². The second-order valence-electron chi connectivity index (χ2n) is 4.64. The summed E-state index contributed by atoms with van der Waals surface area (Å²) in [5.74, 6) is -0.993. The average Bonchev–Trinajstić information content (AvgIpc) is 2.79. The highest BCUT2D eigenvalue weighted by molar-refractivity contribution is 5.86. The van der Waals surface area contributed by atoms with Gasteiger partial charge in [0, 0.05) is 19.5 Å². The third-order valence-corrected chi connectivity index (χ3v) is 3.33. The van der Waals surface area contributed by atoms with Gasteiger partial charge in [-0.3, -0.25) is 9.59 Å². The summed E-state index contributed by atoms with van der Waals surface area (Å²) in [6.07, 6.45) is 0.871. The van der Waals surface area contributed by atoms with Gasteiger partial charge in [0.2, 0.25) is 5.91 Å². The van der Waals surface area contributed by atoms with Crippen LogP contribution in [-0.4, -0.2) is 37.0 Å². The molecule has 19 heavy (non-hydrogen) atoms. The molecule has 1 heterocycles. The Labute approximate surface area is 111 Å². The Kier molecular flexibility index (Phi) is 4.14. The van der Waals surface area contributed by atoms with Crippen LogP contribution in [0.3, 0.4) is 0 Å². The summed E-state index contributed by atoms with van der Waals surface area (Å²) in [7, 11) is 1.33. The highest BCUT2D eigenvalue weighted by Gasteiger charge is 2.34. The van der Waals surface area contributed by atoms with Gasteiger partial charge in [0.15, 0.2) is 0 Å². The normalized spacial score (nSPS) is 18.7. The van der Waals surface area contributed by atoms with E-state index in [1.807, 2.05) is 0 Å². The Morgan fingerprint density at radius 3 is 2.74 bits per heavy atom. The zero-order chi connectivity index (χ0) is 13.8. The largest absolute Gasteiger partial charge is 0.469 e. The fourth-order valence-corrected chi connectivity index (χ4v) is 2.23. The number of nitrogens with zero attached hydrogens (tertiary/aromatic N) is 1. The Morgan fingerprint density at radius 2 is 2.11 bits per heavy atom. The number of esters is 1. The maximum atomic E-state index is 12.8. The molecule has 0 spiro atoms. The number of hydrogen-bond donors (Lipinski definition) is 0. The van der Waals surface area contributed by atoms with Gasteiger partial charge in [-0.05, 0) is 24.1 Å². The first kappa shape index (κ1) is 13.5. The predicted octanol–water partition coefficient (Wildman–Crippen LogP) is 1.39. The lowest BCUT2D eigenvalue weighted by Gasteiger charge is -2.16. The first-order valence-corrected chi connectivity index (χ1v) is 6.20. The van der Waals surface area contributed by atoms with E-state index < -0.39 is 0 Å². The Bertz CT molecular complexity index is 472. The molecule has 0 aliphatic carbocycles. The summed E-state index contributed by atoms with van der Waals surface area (Å²) in [5, 5.41) is 0. The Hall–Kier alpha value is -1.91. The van der Waals surface area contributed by atoms with Crippen LogP contribution in [0.1, 0.15) is 12.0 Å². The summed E-state index contributed by atoms with van der Waals surface area (Å²) < 4.78 is 17.4. The molecular formula is C14H16FNO3. The molecule has 5 heteroatoms. The molecular weight excluding hydrogens is 249 g/mol. The molecule has 1 aromatic rings. The first-order chi connectivity index (χ1) is 9.10. The number of hydrogen-bond acceptors (Lipinski definition) is 3. The standard InChI is InChI=1S/C14H16FNO3/c1-19-14(18)11-8-13(17)16(9-11)7-6-10-2-4-12(15)5-3-10/h2-5,11H,6-9H2,1H3. The monoisotopic (exact) mass is 265 g/mol. The van der Waals surface area contributed by atoms with Crippen molar-refractivity contribution in [3.8, 4) is 0 Å². The molecule has 4 nitrogen and oxygen atoms in total. The predicted molar refractivity (Wildman–Crippen MR) is 66.8 cm³/mol. The van der Waals surface area contributed by atoms with Crippen LogP contribution in [0.15, 0.2) is 24.3 Å². The lowest BCUT2D eigenvalue weighted by Crippen LogP contribution is -2.28. The summed E-state index contributed by atoms with van der Waals surface area (Å²) in [5.41, 5.74) is 0.968. The zero-order valence-electron chi connectivity index (χ0n) is 10.8. The molecule has 0 radical (unpaired) electrons. The SMILES string of the molecule is COC(=O)C1CC(=O)N(CCc2ccc(F)cc2)C1. The minimum atomic E-state index is -0.356. The molecule has 1 fully saturated rings. The van der Waals surface area contributed by atoms with E-state index >= 15 is 0 Å². The maximum absolute atomic E-state index is 12.8. The molecule has 1 aliphatic rings. The fraction of sp³-hybridized carbons (Fsp3) is 0.429. The van der Waals surface area contributed by atoms with Crippen molar-refractivity contribution < 1.29 is 18.7 Å². The molecule has 1 aliphatic heterocycles. The van der Waals surface area contributed by atoms with Gasteiger partial charge >= 0.3 is 5.97 Å². The summed E-state index contributed by atoms with van der Waals surface area (Å²) >= 11 is 0. The Morgan fingerprint density at radius 1 is 1.42 bits per heavy atom. The highest BCUT2D eigenvalue weighted by atomic mass is 19.1. The van der Waals surface area contributed by atoms with Gasteiger partial charge in [-0.25, -0.2) is 4.39 Å². The van der Waals surface area contributed by atoms with Crippen LogP contribution in [0.2, 0.25) is 0 Å². The Balaban J connectivity index is 1.88. The second kappa shape index (κ2) is 5.82. The van der Waals surface area contributed by atoms with E-state index in [9.17, 15) is 14.0 Å². The molecule has 2 rings (SSSR count). The zero-order valence-corrected chi connectivity index (χ0v) is 10.8. The number of rotatable bonds is 4. The van der Waals surface area contributed by atoms with Crippen LogP contribution in [0.5, 0.6) is 0 Å². The van der Waals surface area contributed by atoms with Crippen LogP contribution in [0.25, 0.3) is 0 Å². The molecule has 1 unspecified atom stereocenters. The third kappa shape index (κ3) is 3.30. The van der Waals surface area contributed by atoms with Crippen molar-refractivity contribution in [1.82, 2.24) is 4.90 Å². The molecule has 1 saturated heterocycles. The molecule has 1 aromatic carbocycles. The van der Waals surface area contributed by atoms with Crippen LogP contribution in [-0.2, 0) is 20.7 Å². The summed E-state index contributed by atoms with van der Waals surface area (Å²) in [6.45, 7) is 0.949. The van der Waals surface area contributed by atoms with Crippen molar-refractivity contribution in [2.24, 2.45) is 5.92 Å². The van der Waals surface area contributed by atoms with Crippen LogP contribution in [0, 0.1) is 11.7 Å². The van der Waals surface area contributed by atoms with Gasteiger partial charge < -0.3 is 9.64 Å². The van der Waals surface area contributed by atoms with Gasteiger partial charge in [-0.1, -0.05) is 12.1 Å². The van der Waals surface area contributed by atoms with Gasteiger partial charge in [0.05, 0.1) is 13.0 Å². The molecule has 0 aromatic heterocycles. The molecule has 1 atom stereocenters. The summed E-state index contributed by atoms with van der Waals surface area (Å²) in [4.78, 5) is 24.8. The summed E-state index contributed by atoms with van der Waals surface area (Å²) in [6, 6.07) is 6.21. The van der Waals surface area contributed by atoms with Gasteiger partial charge in [-0.15, -0.1) is 0 Å². The number of methoxy groups -OCH3 is 1. The van der Waals surface area contributed by atoms with E-state index in [-0.39, 0.29) is 30.0 Å². The smallest absolute Gasteiger partial charge is 0.310 e. The first-order valence-electron chi connectivity index (χ1n) is 6.20. The molecule has 102 valence electrons. The number of halogens is 1. The van der Waals surface area contributed by atoms with Gasteiger partial charge in [0.25, 0.3) is 0 Å². The molecule has 1 amide bonds. The lowest BCUT2D eigenvalue weighted by molar-refractivity contribution is -0.145. The number of carbonyl (C=O) groups is 2. The molecule has 0 N–H and O–H groups in total. The maximum Gasteiger partial charge on any atom is 0.310 e. The highest BCUT2D eigenvalue weighted by Crippen LogP contribution is 2.19. The van der Waals surface area contributed by atoms with Crippen LogP contribution >= 0.6 is 0 Å². The second-order valence-corrected chi connectivity index (χ2v) is 4.64. The van der Waals surface area contributed by atoms with Crippen LogP contribution in [0.4, 0.5) is 4.39 Å². The topological polar surface area (TPSA) is 46.6 Å². The minimum absolute atomic E-state index is 0.0301. The van der Waals surface area contributed by atoms with Gasteiger partial charge in [-0.2, -0.15) is 0 Å². The quantitative estimate of drug-likeness (QED) is 0.773. The average molecular weight is 265 g/mol. The number of ether oxygens (including phenoxy) is 1. The number of amides is 1. The van der Waals surface area contributed by atoms with Crippen molar-refractivity contribution in [2.45, 2.75) is 12.8 Å². The fourth-order valence-electron chi connectivity index (χ4n) is 2.23. The number of likely N-dealkylation sites (tertiary alicyclic amines) is 1. The van der Waals surface area contributed by atoms with E-state index in [1.165, 1.54) is 19.2 Å². The molecule has 0 bridgehead atoms. The van der Waals surface area contributed by atoms with Crippen LogP contribution < -0.4 is 0 Å². The number of carbonyl (C=O) groups excluding carboxylic acids is 2. The van der Waals surface area contributed by atoms with E-state index in [1.54, 1.807) is 17.0 Å². The lowest BCUT2D eigenvalue weighted by atomic mass is 10.1. The number of benzene rings is 1. The van der Waals surface area contributed by atoms with Crippen molar-refractivity contribution in [3.63, 3.8) is 0 Å². The van der Waals surface area contributed by atoms with E-state index in [2.05, 4.69) is 4.74 Å². The van der Waals surface area contributed by atoms with Crippen molar-refractivity contribution in [1.29, 1.82) is 0 Å². The van der Waals surface area contributed by atoms with Crippen molar-refractivity contribution >= 4 is 11.9 Å². The van der Waals surface area contributed by atoms with Crippen molar-refractivity contribution in [2.75, 3.05) is 20.2 Å². The third-order valence-electron chi connectivity index (χ3n) is 3.33.